The van der Waals surface area contributed by atoms with Crippen molar-refractivity contribution in [2.75, 3.05) is 10.6 Å². The zero-order valence-electron chi connectivity index (χ0n) is 8.10. The number of hydrogen-bond acceptors (Lipinski definition) is 2. The van der Waals surface area contributed by atoms with E-state index in [1.54, 1.807) is 0 Å². The van der Waals surface area contributed by atoms with Gasteiger partial charge in [-0.2, -0.15) is 0 Å². The van der Waals surface area contributed by atoms with Gasteiger partial charge in [0.15, 0.2) is 0 Å². The van der Waals surface area contributed by atoms with Gasteiger partial charge in [0.1, 0.15) is 0 Å². The lowest BCUT2D eigenvalue weighted by Gasteiger charge is -2.13. The van der Waals surface area contributed by atoms with E-state index < -0.39 is 0 Å². The van der Waals surface area contributed by atoms with Crippen LogP contribution in [0, 0.1) is 0 Å². The van der Waals surface area contributed by atoms with E-state index in [-0.39, 0.29) is 11.9 Å². The second kappa shape index (κ2) is 4.14. The highest BCUT2D eigenvalue weighted by atomic mass is 79.9. The van der Waals surface area contributed by atoms with Crippen LogP contribution < -0.4 is 10.6 Å². The fraction of sp³-hybridized carbons (Fsp3) is 0.300. The Morgan fingerprint density at radius 1 is 1.40 bits per heavy atom. The molecule has 1 aromatic rings. The summed E-state index contributed by atoms with van der Waals surface area (Å²) in [6.07, 6.45) is 0.485. The number of amides is 1. The fourth-order valence-corrected chi connectivity index (χ4v) is 2.92. The van der Waals surface area contributed by atoms with Crippen LogP contribution in [0.2, 0.25) is 0 Å². The molecule has 1 aromatic carbocycles. The molecule has 0 bridgehead atoms. The lowest BCUT2D eigenvalue weighted by atomic mass is 10.2. The zero-order valence-corrected chi connectivity index (χ0v) is 11.3. The molecule has 1 aliphatic heterocycles. The molecule has 15 heavy (non-hydrogen) atoms. The molecule has 1 amide bonds. The lowest BCUT2D eigenvalue weighted by molar-refractivity contribution is -0.116. The number of benzene rings is 1. The van der Waals surface area contributed by atoms with E-state index in [9.17, 15) is 4.79 Å². The van der Waals surface area contributed by atoms with E-state index in [1.165, 1.54) is 0 Å². The summed E-state index contributed by atoms with van der Waals surface area (Å²) in [6, 6.07) is 4.02. The van der Waals surface area contributed by atoms with Gasteiger partial charge in [0.25, 0.3) is 0 Å². The summed E-state index contributed by atoms with van der Waals surface area (Å²) in [7, 11) is 0. The van der Waals surface area contributed by atoms with E-state index in [0.29, 0.717) is 6.42 Å². The highest BCUT2D eigenvalue weighted by Gasteiger charge is 2.19. The van der Waals surface area contributed by atoms with Crippen LogP contribution in [0.15, 0.2) is 21.1 Å². The minimum atomic E-state index is 0.0387. The van der Waals surface area contributed by atoms with E-state index in [0.717, 1.165) is 20.3 Å². The minimum Gasteiger partial charge on any atom is -0.380 e. The topological polar surface area (TPSA) is 41.1 Å². The van der Waals surface area contributed by atoms with E-state index in [2.05, 4.69) is 42.5 Å². The van der Waals surface area contributed by atoms with Gasteiger partial charge in [0.2, 0.25) is 5.91 Å². The van der Waals surface area contributed by atoms with Gasteiger partial charge in [-0.25, -0.2) is 0 Å². The number of halogens is 2. The molecule has 0 radical (unpaired) electrons. The zero-order chi connectivity index (χ0) is 11.0. The van der Waals surface area contributed by atoms with Crippen molar-refractivity contribution >= 4 is 49.1 Å². The molecule has 1 heterocycles. The van der Waals surface area contributed by atoms with Gasteiger partial charge in [-0.3, -0.25) is 4.79 Å². The SMILES string of the molecule is C[C@@H]1CC(=O)Nc2c(Br)cc(Br)cc2N1. The number of anilines is 2. The first-order valence-corrected chi connectivity index (χ1v) is 6.20. The molecule has 80 valence electrons. The van der Waals surface area contributed by atoms with Crippen LogP contribution in [-0.4, -0.2) is 11.9 Å². The van der Waals surface area contributed by atoms with Gasteiger partial charge >= 0.3 is 0 Å². The van der Waals surface area contributed by atoms with Crippen molar-refractivity contribution in [3.05, 3.63) is 21.1 Å². The van der Waals surface area contributed by atoms with Gasteiger partial charge in [-0.15, -0.1) is 0 Å². The number of carbonyl (C=O) groups excluding carboxylic acids is 1. The summed E-state index contributed by atoms with van der Waals surface area (Å²) in [6.45, 7) is 1.99. The van der Waals surface area contributed by atoms with E-state index in [1.807, 2.05) is 19.1 Å². The molecule has 0 saturated heterocycles. The summed E-state index contributed by atoms with van der Waals surface area (Å²) >= 11 is 6.85. The molecule has 3 nitrogen and oxygen atoms in total. The molecule has 1 atom stereocenters. The highest BCUT2D eigenvalue weighted by Crippen LogP contribution is 2.36. The lowest BCUT2D eigenvalue weighted by Crippen LogP contribution is -2.18. The second-order valence-corrected chi connectivity index (χ2v) is 5.38. The standard InChI is InChI=1S/C10H10Br2N2O/c1-5-2-9(15)14-10-7(12)3-6(11)4-8(10)13-5/h3-5,13H,2H2,1H3,(H,14,15)/t5-/m1/s1. The fourth-order valence-electron chi connectivity index (χ4n) is 1.60. The predicted molar refractivity (Wildman–Crippen MR) is 68.2 cm³/mol. The summed E-state index contributed by atoms with van der Waals surface area (Å²) in [5.74, 6) is 0.0387. The largest absolute Gasteiger partial charge is 0.380 e. The summed E-state index contributed by atoms with van der Waals surface area (Å²) in [5.41, 5.74) is 1.75. The number of hydrogen-bond donors (Lipinski definition) is 2. The summed E-state index contributed by atoms with van der Waals surface area (Å²) < 4.78 is 1.85. The smallest absolute Gasteiger partial charge is 0.226 e. The van der Waals surface area contributed by atoms with Gasteiger partial charge in [-0.1, -0.05) is 15.9 Å². The number of nitrogens with one attached hydrogen (secondary N) is 2. The average molecular weight is 334 g/mol. The summed E-state index contributed by atoms with van der Waals surface area (Å²) in [4.78, 5) is 11.5. The van der Waals surface area contributed by atoms with Crippen molar-refractivity contribution in [2.45, 2.75) is 19.4 Å². The van der Waals surface area contributed by atoms with Crippen LogP contribution in [0.1, 0.15) is 13.3 Å². The van der Waals surface area contributed by atoms with Crippen molar-refractivity contribution in [3.8, 4) is 0 Å². The maximum Gasteiger partial charge on any atom is 0.226 e. The average Bonchev–Trinajstić information content (AvgIpc) is 2.22. The highest BCUT2D eigenvalue weighted by molar-refractivity contribution is 9.11. The van der Waals surface area contributed by atoms with Crippen LogP contribution in [0.3, 0.4) is 0 Å². The monoisotopic (exact) mass is 332 g/mol. The summed E-state index contributed by atoms with van der Waals surface area (Å²) in [5, 5.41) is 6.17. The van der Waals surface area contributed by atoms with Crippen LogP contribution in [0.25, 0.3) is 0 Å². The Kier molecular flexibility index (Phi) is 3.02. The van der Waals surface area contributed by atoms with Crippen LogP contribution in [0.5, 0.6) is 0 Å². The van der Waals surface area contributed by atoms with Gasteiger partial charge in [0, 0.05) is 21.4 Å². The Morgan fingerprint density at radius 3 is 2.87 bits per heavy atom. The Morgan fingerprint density at radius 2 is 2.13 bits per heavy atom. The first kappa shape index (κ1) is 11.0. The van der Waals surface area contributed by atoms with Crippen molar-refractivity contribution in [1.82, 2.24) is 0 Å². The molecule has 0 aliphatic carbocycles. The molecule has 0 fully saturated rings. The quantitative estimate of drug-likeness (QED) is 0.764. The molecule has 0 saturated carbocycles. The minimum absolute atomic E-state index is 0.0387. The van der Waals surface area contributed by atoms with Gasteiger partial charge in [0.05, 0.1) is 11.4 Å². The maximum atomic E-state index is 11.5. The van der Waals surface area contributed by atoms with Gasteiger partial charge in [-0.05, 0) is 35.0 Å². The molecule has 0 unspecified atom stereocenters. The normalized spacial score (nSPS) is 19.9. The van der Waals surface area contributed by atoms with Crippen molar-refractivity contribution in [2.24, 2.45) is 0 Å². The molecule has 5 heteroatoms. The third-order valence-corrected chi connectivity index (χ3v) is 3.30. The Labute approximate surface area is 105 Å². The van der Waals surface area contributed by atoms with Crippen molar-refractivity contribution in [3.63, 3.8) is 0 Å². The third kappa shape index (κ3) is 2.34. The van der Waals surface area contributed by atoms with Crippen molar-refractivity contribution < 1.29 is 4.79 Å². The van der Waals surface area contributed by atoms with Gasteiger partial charge < -0.3 is 10.6 Å². The molecule has 2 rings (SSSR count). The molecule has 0 aromatic heterocycles. The molecule has 0 spiro atoms. The Balaban J connectivity index is 2.50. The van der Waals surface area contributed by atoms with Crippen LogP contribution in [0.4, 0.5) is 11.4 Å². The van der Waals surface area contributed by atoms with E-state index in [4.69, 9.17) is 0 Å². The molecular weight excluding hydrogens is 324 g/mol. The molecular formula is C10H10Br2N2O. The predicted octanol–water partition coefficient (Wildman–Crippen LogP) is 3.35. The Bertz CT molecular complexity index is 420. The first-order valence-electron chi connectivity index (χ1n) is 4.61. The Hall–Kier alpha value is -0.550. The number of rotatable bonds is 0. The number of carbonyl (C=O) groups is 1. The van der Waals surface area contributed by atoms with Crippen molar-refractivity contribution in [1.29, 1.82) is 0 Å². The second-order valence-electron chi connectivity index (χ2n) is 3.61. The third-order valence-electron chi connectivity index (χ3n) is 2.21. The van der Waals surface area contributed by atoms with Crippen LogP contribution >= 0.6 is 31.9 Å². The maximum absolute atomic E-state index is 11.5. The first-order chi connectivity index (χ1) is 7.06. The molecule has 1 aliphatic rings. The molecule has 2 N–H and O–H groups in total. The van der Waals surface area contributed by atoms with Crippen LogP contribution in [-0.2, 0) is 4.79 Å². The van der Waals surface area contributed by atoms with E-state index >= 15 is 0 Å². The number of fused-ring (bicyclic) bond motifs is 1.